The fourth-order valence-electron chi connectivity index (χ4n) is 1.27. The monoisotopic (exact) mass is 286 g/mol. The zero-order valence-electron chi connectivity index (χ0n) is 9.75. The average molecular weight is 287 g/mol. The largest absolute Gasteiger partial charge is 0.494 e. The second-order valence-electron chi connectivity index (χ2n) is 3.62. The Morgan fingerprint density at radius 3 is 2.38 bits per heavy atom. The summed E-state index contributed by atoms with van der Waals surface area (Å²) in [6, 6.07) is 7.91. The quantitative estimate of drug-likeness (QED) is 0.672. The van der Waals surface area contributed by atoms with Gasteiger partial charge in [-0.2, -0.15) is 0 Å². The van der Waals surface area contributed by atoms with E-state index >= 15 is 0 Å². The topological polar surface area (TPSA) is 18.5 Å². The van der Waals surface area contributed by atoms with Crippen LogP contribution in [0, 0.1) is 0 Å². The molecule has 0 amide bonds. The molecule has 1 rings (SSSR count). The molecule has 0 aliphatic carbocycles. The molecule has 0 unspecified atom stereocenters. The molecule has 0 saturated carbocycles. The molecule has 0 fully saturated rings. The number of unbranched alkanes of at least 4 members (excludes halogenated alkanes) is 1. The molecule has 16 heavy (non-hydrogen) atoms. The van der Waals surface area contributed by atoms with Gasteiger partial charge in [0.15, 0.2) is 0 Å². The molecule has 0 bridgehead atoms. The maximum atomic E-state index is 5.59. The molecule has 0 saturated heterocycles. The zero-order chi connectivity index (χ0) is 11.6. The molecule has 0 N–H and O–H groups in total. The highest BCUT2D eigenvalue weighted by Gasteiger charge is 1.94. The first kappa shape index (κ1) is 13.5. The second kappa shape index (κ2) is 8.59. The lowest BCUT2D eigenvalue weighted by atomic mass is 10.3. The molecule has 0 aliphatic rings. The first-order valence-electron chi connectivity index (χ1n) is 5.79. The second-order valence-corrected chi connectivity index (χ2v) is 4.54. The van der Waals surface area contributed by atoms with Crippen LogP contribution in [0.2, 0.25) is 0 Å². The molecule has 90 valence electrons. The third-order valence-electron chi connectivity index (χ3n) is 2.11. The molecule has 2 nitrogen and oxygen atoms in total. The van der Waals surface area contributed by atoms with Crippen molar-refractivity contribution in [3.8, 4) is 5.75 Å². The van der Waals surface area contributed by atoms with E-state index in [-0.39, 0.29) is 0 Å². The van der Waals surface area contributed by atoms with Crippen LogP contribution in [0.3, 0.4) is 0 Å². The normalized spacial score (nSPS) is 10.4. The van der Waals surface area contributed by atoms with Gasteiger partial charge in [-0.15, -0.1) is 0 Å². The zero-order valence-corrected chi connectivity index (χ0v) is 11.3. The SMILES string of the molecule is CCCOCCCCOc1ccc(Br)cc1. The van der Waals surface area contributed by atoms with Gasteiger partial charge >= 0.3 is 0 Å². The summed E-state index contributed by atoms with van der Waals surface area (Å²) in [6.07, 6.45) is 3.20. The molecule has 3 heteroatoms. The van der Waals surface area contributed by atoms with E-state index in [1.165, 1.54) is 0 Å². The van der Waals surface area contributed by atoms with E-state index in [2.05, 4.69) is 22.9 Å². The van der Waals surface area contributed by atoms with Crippen LogP contribution in [0.25, 0.3) is 0 Å². The highest BCUT2D eigenvalue weighted by atomic mass is 79.9. The number of hydrogen-bond acceptors (Lipinski definition) is 2. The third-order valence-corrected chi connectivity index (χ3v) is 2.64. The van der Waals surface area contributed by atoms with Gasteiger partial charge in [0.1, 0.15) is 5.75 Å². The van der Waals surface area contributed by atoms with Crippen molar-refractivity contribution in [2.45, 2.75) is 26.2 Å². The van der Waals surface area contributed by atoms with E-state index in [4.69, 9.17) is 9.47 Å². The average Bonchev–Trinajstić information content (AvgIpc) is 2.30. The van der Waals surface area contributed by atoms with Crippen molar-refractivity contribution >= 4 is 15.9 Å². The van der Waals surface area contributed by atoms with Crippen LogP contribution in [-0.2, 0) is 4.74 Å². The smallest absolute Gasteiger partial charge is 0.119 e. The van der Waals surface area contributed by atoms with E-state index in [1.54, 1.807) is 0 Å². The van der Waals surface area contributed by atoms with Gasteiger partial charge < -0.3 is 9.47 Å². The summed E-state index contributed by atoms with van der Waals surface area (Å²) >= 11 is 3.39. The summed E-state index contributed by atoms with van der Waals surface area (Å²) in [6.45, 7) is 4.60. The molecule has 1 aromatic carbocycles. The lowest BCUT2D eigenvalue weighted by Gasteiger charge is -2.06. The minimum atomic E-state index is 0.761. The number of rotatable bonds is 8. The maximum Gasteiger partial charge on any atom is 0.119 e. The van der Waals surface area contributed by atoms with Crippen molar-refractivity contribution in [3.63, 3.8) is 0 Å². The Labute approximate surface area is 106 Å². The Morgan fingerprint density at radius 2 is 1.69 bits per heavy atom. The first-order valence-corrected chi connectivity index (χ1v) is 6.58. The molecule has 0 aromatic heterocycles. The highest BCUT2D eigenvalue weighted by Crippen LogP contribution is 2.16. The predicted octanol–water partition coefficient (Wildman–Crippen LogP) is 4.03. The Balaban J connectivity index is 2.01. The van der Waals surface area contributed by atoms with Crippen LogP contribution >= 0.6 is 15.9 Å². The maximum absolute atomic E-state index is 5.59. The molecule has 0 aliphatic heterocycles. The molecule has 0 spiro atoms. The Hall–Kier alpha value is -0.540. The number of ether oxygens (including phenoxy) is 2. The van der Waals surface area contributed by atoms with Gasteiger partial charge in [0.2, 0.25) is 0 Å². The standard InChI is InChI=1S/C13H19BrO2/c1-2-9-15-10-3-4-11-16-13-7-5-12(14)6-8-13/h5-8H,2-4,9-11H2,1H3. The van der Waals surface area contributed by atoms with Crippen molar-refractivity contribution in [3.05, 3.63) is 28.7 Å². The summed E-state index contributed by atoms with van der Waals surface area (Å²) in [5.74, 6) is 0.928. The lowest BCUT2D eigenvalue weighted by molar-refractivity contribution is 0.127. The Bertz CT molecular complexity index is 272. The van der Waals surface area contributed by atoms with Gasteiger partial charge in [-0.05, 0) is 43.5 Å². The summed E-state index contributed by atoms with van der Waals surface area (Å²) in [4.78, 5) is 0. The third kappa shape index (κ3) is 6.13. The minimum Gasteiger partial charge on any atom is -0.494 e. The van der Waals surface area contributed by atoms with Crippen molar-refractivity contribution in [1.29, 1.82) is 0 Å². The number of hydrogen-bond donors (Lipinski definition) is 0. The van der Waals surface area contributed by atoms with Gasteiger partial charge in [0.05, 0.1) is 6.61 Å². The van der Waals surface area contributed by atoms with E-state index in [0.29, 0.717) is 0 Å². The van der Waals surface area contributed by atoms with Crippen LogP contribution in [0.15, 0.2) is 28.7 Å². The van der Waals surface area contributed by atoms with Crippen LogP contribution in [0.4, 0.5) is 0 Å². The molecule has 0 atom stereocenters. The van der Waals surface area contributed by atoms with Crippen LogP contribution in [-0.4, -0.2) is 19.8 Å². The fourth-order valence-corrected chi connectivity index (χ4v) is 1.54. The lowest BCUT2D eigenvalue weighted by Crippen LogP contribution is -2.01. The first-order chi connectivity index (χ1) is 7.83. The Kier molecular flexibility index (Phi) is 7.26. The van der Waals surface area contributed by atoms with Gasteiger partial charge in [-0.3, -0.25) is 0 Å². The molecular weight excluding hydrogens is 268 g/mol. The fraction of sp³-hybridized carbons (Fsp3) is 0.538. The van der Waals surface area contributed by atoms with E-state index in [9.17, 15) is 0 Å². The van der Waals surface area contributed by atoms with Crippen LogP contribution in [0.1, 0.15) is 26.2 Å². The highest BCUT2D eigenvalue weighted by molar-refractivity contribution is 9.10. The van der Waals surface area contributed by atoms with E-state index in [0.717, 1.165) is 49.3 Å². The predicted molar refractivity (Wildman–Crippen MR) is 70.0 cm³/mol. The summed E-state index contributed by atoms with van der Waals surface area (Å²) in [5.41, 5.74) is 0. The Morgan fingerprint density at radius 1 is 1.00 bits per heavy atom. The van der Waals surface area contributed by atoms with Gasteiger partial charge in [0, 0.05) is 17.7 Å². The van der Waals surface area contributed by atoms with Crippen LogP contribution in [0.5, 0.6) is 5.75 Å². The van der Waals surface area contributed by atoms with Crippen molar-refractivity contribution < 1.29 is 9.47 Å². The van der Waals surface area contributed by atoms with Gasteiger partial charge in [-0.25, -0.2) is 0 Å². The molecule has 0 radical (unpaired) electrons. The molecular formula is C13H19BrO2. The minimum absolute atomic E-state index is 0.761. The number of halogens is 1. The van der Waals surface area contributed by atoms with Crippen molar-refractivity contribution in [2.75, 3.05) is 19.8 Å². The molecule has 1 aromatic rings. The van der Waals surface area contributed by atoms with Crippen LogP contribution < -0.4 is 4.74 Å². The van der Waals surface area contributed by atoms with Gasteiger partial charge in [0.25, 0.3) is 0 Å². The summed E-state index contributed by atoms with van der Waals surface area (Å²) < 4.78 is 12.1. The van der Waals surface area contributed by atoms with Gasteiger partial charge in [-0.1, -0.05) is 22.9 Å². The van der Waals surface area contributed by atoms with Crippen molar-refractivity contribution in [1.82, 2.24) is 0 Å². The van der Waals surface area contributed by atoms with E-state index in [1.807, 2.05) is 24.3 Å². The number of benzene rings is 1. The molecule has 0 heterocycles. The summed E-state index contributed by atoms with van der Waals surface area (Å²) in [5, 5.41) is 0. The van der Waals surface area contributed by atoms with Crippen molar-refractivity contribution in [2.24, 2.45) is 0 Å². The van der Waals surface area contributed by atoms with E-state index < -0.39 is 0 Å². The summed E-state index contributed by atoms with van der Waals surface area (Å²) in [7, 11) is 0.